The van der Waals surface area contributed by atoms with E-state index in [1.54, 1.807) is 36.4 Å². The normalized spacial score (nSPS) is 14.0. The highest BCUT2D eigenvalue weighted by atomic mass is 16.5. The summed E-state index contributed by atoms with van der Waals surface area (Å²) in [5.41, 5.74) is 0.876. The molecule has 40 heavy (non-hydrogen) atoms. The maximum atomic E-state index is 13.5. The zero-order valence-electron chi connectivity index (χ0n) is 24.0. The molecule has 0 radical (unpaired) electrons. The summed E-state index contributed by atoms with van der Waals surface area (Å²) >= 11 is 0. The first kappa shape index (κ1) is 31.7. The maximum absolute atomic E-state index is 13.5. The van der Waals surface area contributed by atoms with Crippen LogP contribution in [0.2, 0.25) is 0 Å². The van der Waals surface area contributed by atoms with Gasteiger partial charge in [-0.25, -0.2) is 0 Å². The number of fused-ring (bicyclic) bond motifs is 2. The van der Waals surface area contributed by atoms with Gasteiger partial charge in [0.25, 0.3) is 0 Å². The average Bonchev–Trinajstić information content (AvgIpc) is 2.97. The van der Waals surface area contributed by atoms with Gasteiger partial charge < -0.3 is 30.3 Å². The number of aliphatic hydroxyl groups excluding tert-OH is 2. The van der Waals surface area contributed by atoms with Crippen LogP contribution in [0.5, 0.6) is 11.5 Å². The lowest BCUT2D eigenvalue weighted by atomic mass is 9.83. The molecule has 0 aliphatic heterocycles. The number of nitrogens with one attached hydrogen (secondary N) is 2. The standard InChI is InChI=1S/C32H46N2O6/c1-3-5-7-11-17-33-19-23(35)21-39-27-15-16-28(40-22-24(36)20-34-18-12-8-6-4-2)30-29(27)31(37)25-13-9-10-14-26(25)32(30)38/h9-10,13-16,23-24,33-36H,3-8,11-12,17-22H2,1-2H3. The molecule has 0 spiro atoms. The van der Waals surface area contributed by atoms with E-state index in [1.165, 1.54) is 25.7 Å². The van der Waals surface area contributed by atoms with Crippen molar-refractivity contribution in [2.45, 2.75) is 77.4 Å². The van der Waals surface area contributed by atoms with Crippen molar-refractivity contribution >= 4 is 11.6 Å². The summed E-state index contributed by atoms with van der Waals surface area (Å²) in [5, 5.41) is 27.3. The quantitative estimate of drug-likeness (QED) is 0.153. The highest BCUT2D eigenvalue weighted by Crippen LogP contribution is 2.38. The van der Waals surface area contributed by atoms with E-state index in [2.05, 4.69) is 24.5 Å². The summed E-state index contributed by atoms with van der Waals surface area (Å²) in [6, 6.07) is 9.88. The molecule has 3 rings (SSSR count). The summed E-state index contributed by atoms with van der Waals surface area (Å²) in [4.78, 5) is 27.1. The molecule has 0 saturated heterocycles. The van der Waals surface area contributed by atoms with Gasteiger partial charge in [0.05, 0.1) is 11.1 Å². The molecule has 8 heteroatoms. The molecule has 0 fully saturated rings. The van der Waals surface area contributed by atoms with E-state index < -0.39 is 12.2 Å². The van der Waals surface area contributed by atoms with E-state index in [4.69, 9.17) is 9.47 Å². The number of aliphatic hydroxyl groups is 2. The van der Waals surface area contributed by atoms with Gasteiger partial charge >= 0.3 is 0 Å². The van der Waals surface area contributed by atoms with Crippen LogP contribution >= 0.6 is 0 Å². The smallest absolute Gasteiger partial charge is 0.198 e. The molecule has 0 bridgehead atoms. The van der Waals surface area contributed by atoms with Crippen LogP contribution in [0.25, 0.3) is 0 Å². The van der Waals surface area contributed by atoms with E-state index in [-0.39, 0.29) is 47.4 Å². The van der Waals surface area contributed by atoms with Crippen LogP contribution in [0.15, 0.2) is 36.4 Å². The number of ether oxygens (including phenoxy) is 2. The lowest BCUT2D eigenvalue weighted by molar-refractivity contribution is 0.0930. The molecule has 2 aromatic rings. The van der Waals surface area contributed by atoms with E-state index in [9.17, 15) is 19.8 Å². The molecule has 2 atom stereocenters. The predicted molar refractivity (Wildman–Crippen MR) is 157 cm³/mol. The zero-order valence-corrected chi connectivity index (χ0v) is 24.0. The van der Waals surface area contributed by atoms with Crippen molar-refractivity contribution in [3.8, 4) is 11.5 Å². The largest absolute Gasteiger partial charge is 0.490 e. The Hall–Kier alpha value is -2.78. The monoisotopic (exact) mass is 554 g/mol. The summed E-state index contributed by atoms with van der Waals surface area (Å²) in [6.45, 7) is 6.67. The fraction of sp³-hybridized carbons (Fsp3) is 0.562. The number of hydrogen-bond acceptors (Lipinski definition) is 8. The second-order valence-corrected chi connectivity index (χ2v) is 10.5. The second-order valence-electron chi connectivity index (χ2n) is 10.5. The van der Waals surface area contributed by atoms with Gasteiger partial charge in [0.15, 0.2) is 11.6 Å². The molecule has 0 amide bonds. The lowest BCUT2D eigenvalue weighted by Crippen LogP contribution is -2.33. The Balaban J connectivity index is 1.67. The van der Waals surface area contributed by atoms with Crippen molar-refractivity contribution in [1.29, 1.82) is 0 Å². The Morgan fingerprint density at radius 1 is 0.650 bits per heavy atom. The SMILES string of the molecule is CCCCCCNCC(O)COc1ccc(OCC(O)CNCCCCCC)c2c1C(=O)c1ccccc1C2=O. The van der Waals surface area contributed by atoms with Crippen molar-refractivity contribution in [1.82, 2.24) is 10.6 Å². The molecule has 0 aromatic heterocycles. The molecule has 1 aliphatic carbocycles. The van der Waals surface area contributed by atoms with Crippen molar-refractivity contribution in [3.05, 3.63) is 58.7 Å². The van der Waals surface area contributed by atoms with Crippen LogP contribution < -0.4 is 20.1 Å². The van der Waals surface area contributed by atoms with Crippen molar-refractivity contribution < 1.29 is 29.3 Å². The number of rotatable bonds is 20. The molecule has 2 aromatic carbocycles. The van der Waals surface area contributed by atoms with Gasteiger partial charge in [0.2, 0.25) is 0 Å². The fourth-order valence-electron chi connectivity index (χ4n) is 4.79. The van der Waals surface area contributed by atoms with Crippen LogP contribution in [-0.2, 0) is 0 Å². The Bertz CT molecular complexity index is 1010. The van der Waals surface area contributed by atoms with Crippen LogP contribution in [0, 0.1) is 0 Å². The fourth-order valence-corrected chi connectivity index (χ4v) is 4.79. The van der Waals surface area contributed by atoms with Gasteiger partial charge in [-0.05, 0) is 38.1 Å². The lowest BCUT2D eigenvalue weighted by Gasteiger charge is -2.24. The van der Waals surface area contributed by atoms with E-state index in [0.717, 1.165) is 38.8 Å². The highest BCUT2D eigenvalue weighted by Gasteiger charge is 2.35. The predicted octanol–water partition coefficient (Wildman–Crippen LogP) is 4.28. The molecule has 220 valence electrons. The minimum Gasteiger partial charge on any atom is -0.490 e. The first-order valence-corrected chi connectivity index (χ1v) is 14.9. The Morgan fingerprint density at radius 2 is 1.07 bits per heavy atom. The summed E-state index contributed by atoms with van der Waals surface area (Å²) < 4.78 is 11.8. The molecular formula is C32H46N2O6. The van der Waals surface area contributed by atoms with Crippen molar-refractivity contribution in [2.24, 2.45) is 0 Å². The Morgan fingerprint density at radius 3 is 1.48 bits per heavy atom. The highest BCUT2D eigenvalue weighted by molar-refractivity contribution is 6.30. The third-order valence-corrected chi connectivity index (χ3v) is 7.04. The van der Waals surface area contributed by atoms with Crippen molar-refractivity contribution in [3.63, 3.8) is 0 Å². The minimum absolute atomic E-state index is 0.0274. The topological polar surface area (TPSA) is 117 Å². The summed E-state index contributed by atoms with van der Waals surface area (Å²) in [7, 11) is 0. The van der Waals surface area contributed by atoms with Gasteiger partial charge in [0, 0.05) is 24.2 Å². The average molecular weight is 555 g/mol. The number of unbranched alkanes of at least 4 members (excludes halogenated alkanes) is 6. The van der Waals surface area contributed by atoms with E-state index in [1.807, 2.05) is 0 Å². The van der Waals surface area contributed by atoms with Gasteiger partial charge in [-0.2, -0.15) is 0 Å². The zero-order chi connectivity index (χ0) is 28.7. The number of hydrogen-bond donors (Lipinski definition) is 4. The Labute approximate surface area is 238 Å². The third-order valence-electron chi connectivity index (χ3n) is 7.04. The summed E-state index contributed by atoms with van der Waals surface area (Å²) in [6.07, 6.45) is 7.61. The van der Waals surface area contributed by atoms with Gasteiger partial charge in [-0.1, -0.05) is 76.6 Å². The number of carbonyl (C=O) groups excluding carboxylic acids is 2. The molecular weight excluding hydrogens is 508 g/mol. The number of carbonyl (C=O) groups is 2. The third kappa shape index (κ3) is 9.13. The van der Waals surface area contributed by atoms with Gasteiger partial charge in [-0.15, -0.1) is 0 Å². The maximum Gasteiger partial charge on any atom is 0.198 e. The van der Waals surface area contributed by atoms with Crippen LogP contribution in [0.1, 0.15) is 97.1 Å². The first-order chi connectivity index (χ1) is 19.5. The number of ketones is 2. The first-order valence-electron chi connectivity index (χ1n) is 14.9. The van der Waals surface area contributed by atoms with Gasteiger partial charge in [-0.3, -0.25) is 9.59 Å². The summed E-state index contributed by atoms with van der Waals surface area (Å²) in [5.74, 6) is -0.204. The van der Waals surface area contributed by atoms with Crippen LogP contribution in [-0.4, -0.2) is 73.4 Å². The van der Waals surface area contributed by atoms with Crippen LogP contribution in [0.3, 0.4) is 0 Å². The van der Waals surface area contributed by atoms with Gasteiger partial charge in [0.1, 0.15) is 36.9 Å². The van der Waals surface area contributed by atoms with E-state index in [0.29, 0.717) is 24.2 Å². The Kier molecular flexibility index (Phi) is 13.6. The van der Waals surface area contributed by atoms with Crippen LogP contribution in [0.4, 0.5) is 0 Å². The van der Waals surface area contributed by atoms with Crippen molar-refractivity contribution in [2.75, 3.05) is 39.4 Å². The number of benzene rings is 2. The second kappa shape index (κ2) is 17.1. The molecule has 0 saturated carbocycles. The molecule has 2 unspecified atom stereocenters. The molecule has 0 heterocycles. The molecule has 1 aliphatic rings. The van der Waals surface area contributed by atoms with E-state index >= 15 is 0 Å². The molecule has 4 N–H and O–H groups in total. The minimum atomic E-state index is -0.774. The molecule has 8 nitrogen and oxygen atoms in total.